The number of nitrogens with zero attached hydrogens (tertiary/aromatic N) is 3. The molecule has 2 amide bonds. The highest BCUT2D eigenvalue weighted by Gasteiger charge is 2.33. The number of hydrogen-bond acceptors (Lipinski definition) is 4. The van der Waals surface area contributed by atoms with Crippen LogP contribution in [0.1, 0.15) is 22.9 Å². The van der Waals surface area contributed by atoms with Crippen LogP contribution in [0.25, 0.3) is 5.69 Å². The summed E-state index contributed by atoms with van der Waals surface area (Å²) in [5.41, 5.74) is 5.84. The minimum atomic E-state index is -0.305. The van der Waals surface area contributed by atoms with Gasteiger partial charge < -0.3 is 29.2 Å². The first-order valence-electron chi connectivity index (χ1n) is 11.8. The van der Waals surface area contributed by atoms with Crippen molar-refractivity contribution in [1.29, 1.82) is 0 Å². The number of rotatable bonds is 5. The molecule has 7 heteroatoms. The number of hydrogen-bond donors (Lipinski definition) is 1. The normalized spacial score (nSPS) is 14.3. The molecule has 0 bridgehead atoms. The van der Waals surface area contributed by atoms with Gasteiger partial charge in [0.25, 0.3) is 0 Å². The van der Waals surface area contributed by atoms with Crippen molar-refractivity contribution in [1.82, 2.24) is 9.47 Å². The molecule has 0 saturated heterocycles. The maximum atomic E-state index is 14.0. The van der Waals surface area contributed by atoms with Crippen molar-refractivity contribution < 1.29 is 14.3 Å². The fraction of sp³-hybridized carbons (Fsp3) is 0.207. The van der Waals surface area contributed by atoms with E-state index in [-0.39, 0.29) is 12.1 Å². The lowest BCUT2D eigenvalue weighted by Gasteiger charge is -2.31. The van der Waals surface area contributed by atoms with Gasteiger partial charge in [0, 0.05) is 37.7 Å². The second-order valence-electron chi connectivity index (χ2n) is 8.94. The van der Waals surface area contributed by atoms with Crippen LogP contribution in [-0.4, -0.2) is 43.8 Å². The van der Waals surface area contributed by atoms with E-state index in [0.717, 1.165) is 28.2 Å². The molecule has 36 heavy (non-hydrogen) atoms. The highest BCUT2D eigenvalue weighted by Crippen LogP contribution is 2.38. The second-order valence-corrected chi connectivity index (χ2v) is 8.94. The van der Waals surface area contributed by atoms with Crippen LogP contribution in [-0.2, 0) is 6.54 Å². The monoisotopic (exact) mass is 482 g/mol. The van der Waals surface area contributed by atoms with E-state index in [1.165, 1.54) is 0 Å². The first-order valence-corrected chi connectivity index (χ1v) is 11.8. The second kappa shape index (κ2) is 9.70. The summed E-state index contributed by atoms with van der Waals surface area (Å²) < 4.78 is 13.1. The zero-order chi connectivity index (χ0) is 25.2. The predicted molar refractivity (Wildman–Crippen MR) is 142 cm³/mol. The van der Waals surface area contributed by atoms with Gasteiger partial charge in [0.05, 0.1) is 38.2 Å². The fourth-order valence-electron chi connectivity index (χ4n) is 4.74. The summed E-state index contributed by atoms with van der Waals surface area (Å²) in [6.45, 7) is 0.441. The molecule has 2 heterocycles. The van der Waals surface area contributed by atoms with Crippen LogP contribution in [0.2, 0.25) is 0 Å². The van der Waals surface area contributed by atoms with Crippen LogP contribution >= 0.6 is 0 Å². The Balaban J connectivity index is 1.61. The third-order valence-corrected chi connectivity index (χ3v) is 6.60. The van der Waals surface area contributed by atoms with Crippen LogP contribution in [0.4, 0.5) is 16.2 Å². The molecule has 1 aliphatic rings. The third kappa shape index (κ3) is 4.24. The summed E-state index contributed by atoms with van der Waals surface area (Å²) in [5.74, 6) is 1.20. The molecule has 5 rings (SSSR count). The first-order chi connectivity index (χ1) is 17.5. The number of ether oxygens (including phenoxy) is 2. The number of carbonyl (C=O) groups is 1. The summed E-state index contributed by atoms with van der Waals surface area (Å²) in [7, 11) is 7.22. The van der Waals surface area contributed by atoms with Crippen LogP contribution in [0, 0.1) is 0 Å². The summed E-state index contributed by atoms with van der Waals surface area (Å²) in [5, 5.41) is 3.08. The fourth-order valence-corrected chi connectivity index (χ4v) is 4.74. The Morgan fingerprint density at radius 1 is 0.944 bits per heavy atom. The van der Waals surface area contributed by atoms with E-state index >= 15 is 0 Å². The van der Waals surface area contributed by atoms with Crippen LogP contribution < -0.4 is 19.7 Å². The average molecular weight is 483 g/mol. The van der Waals surface area contributed by atoms with Crippen molar-refractivity contribution >= 4 is 17.4 Å². The molecule has 1 aromatic heterocycles. The first kappa shape index (κ1) is 23.4. The number of benzene rings is 3. The standard InChI is InChI=1S/C29H30N4O3/c1-31(2)22-13-11-20(12-14-22)28-26-10-7-17-32(26)25-9-6-5-8-21(25)19-33(28)29(34)30-24-18-23(35-3)15-16-27(24)36-4/h5-18,28H,19H2,1-4H3,(H,30,34). The third-order valence-electron chi connectivity index (χ3n) is 6.60. The maximum absolute atomic E-state index is 14.0. The molecule has 0 radical (unpaired) electrons. The summed E-state index contributed by atoms with van der Waals surface area (Å²) in [6.07, 6.45) is 2.06. The van der Waals surface area contributed by atoms with Gasteiger partial charge in [-0.25, -0.2) is 4.79 Å². The van der Waals surface area contributed by atoms with Gasteiger partial charge in [-0.15, -0.1) is 0 Å². The SMILES string of the molecule is COc1ccc(OC)c(NC(=O)N2Cc3ccccc3-n3cccc3C2c2ccc(N(C)C)cc2)c1. The molecular weight excluding hydrogens is 452 g/mol. The van der Waals surface area contributed by atoms with Crippen molar-refractivity contribution in [2.24, 2.45) is 0 Å². The van der Waals surface area contributed by atoms with Crippen molar-refractivity contribution in [2.75, 3.05) is 38.5 Å². The predicted octanol–water partition coefficient (Wildman–Crippen LogP) is 5.70. The number of nitrogens with one attached hydrogen (secondary N) is 1. The Morgan fingerprint density at radius 3 is 2.44 bits per heavy atom. The van der Waals surface area contributed by atoms with Crippen molar-refractivity contribution in [3.8, 4) is 17.2 Å². The lowest BCUT2D eigenvalue weighted by molar-refractivity contribution is 0.194. The van der Waals surface area contributed by atoms with Gasteiger partial charge in [-0.1, -0.05) is 30.3 Å². The van der Waals surface area contributed by atoms with E-state index in [9.17, 15) is 4.79 Å². The Bertz CT molecular complexity index is 1380. The van der Waals surface area contributed by atoms with Crippen molar-refractivity contribution in [3.63, 3.8) is 0 Å². The summed E-state index contributed by atoms with van der Waals surface area (Å²) in [6, 6.07) is 25.5. The van der Waals surface area contributed by atoms with Gasteiger partial charge in [0.1, 0.15) is 11.5 Å². The molecular formula is C29H30N4O3. The Hall–Kier alpha value is -4.39. The lowest BCUT2D eigenvalue weighted by Crippen LogP contribution is -2.38. The molecule has 7 nitrogen and oxygen atoms in total. The molecule has 4 aromatic rings. The van der Waals surface area contributed by atoms with Crippen molar-refractivity contribution in [2.45, 2.75) is 12.6 Å². The molecule has 1 atom stereocenters. The summed E-state index contributed by atoms with van der Waals surface area (Å²) >= 11 is 0. The smallest absolute Gasteiger partial charge is 0.323 e. The number of para-hydroxylation sites is 1. The van der Waals surface area contributed by atoms with E-state index in [2.05, 4.69) is 63.4 Å². The Morgan fingerprint density at radius 2 is 1.72 bits per heavy atom. The van der Waals surface area contributed by atoms with E-state index < -0.39 is 0 Å². The van der Waals surface area contributed by atoms with Gasteiger partial charge >= 0.3 is 6.03 Å². The van der Waals surface area contributed by atoms with Gasteiger partial charge in [-0.2, -0.15) is 0 Å². The number of methoxy groups -OCH3 is 2. The van der Waals surface area contributed by atoms with Crippen molar-refractivity contribution in [3.05, 3.63) is 102 Å². The van der Waals surface area contributed by atoms with Gasteiger partial charge in [0.15, 0.2) is 0 Å². The molecule has 1 aliphatic heterocycles. The zero-order valence-corrected chi connectivity index (χ0v) is 20.9. The highest BCUT2D eigenvalue weighted by atomic mass is 16.5. The van der Waals surface area contributed by atoms with Crippen LogP contribution in [0.5, 0.6) is 11.5 Å². The molecule has 0 fully saturated rings. The van der Waals surface area contributed by atoms with E-state index in [0.29, 0.717) is 23.7 Å². The Kier molecular flexibility index (Phi) is 6.29. The zero-order valence-electron chi connectivity index (χ0n) is 20.9. The molecule has 0 saturated carbocycles. The largest absolute Gasteiger partial charge is 0.497 e. The molecule has 1 N–H and O–H groups in total. The maximum Gasteiger partial charge on any atom is 0.323 e. The van der Waals surface area contributed by atoms with Crippen LogP contribution in [0.3, 0.4) is 0 Å². The molecule has 184 valence electrons. The topological polar surface area (TPSA) is 59.0 Å². The minimum absolute atomic E-state index is 0.229. The quantitative estimate of drug-likeness (QED) is 0.397. The highest BCUT2D eigenvalue weighted by molar-refractivity contribution is 5.92. The summed E-state index contributed by atoms with van der Waals surface area (Å²) in [4.78, 5) is 17.9. The lowest BCUT2D eigenvalue weighted by atomic mass is 10.0. The van der Waals surface area contributed by atoms with Gasteiger partial charge in [-0.3, -0.25) is 0 Å². The number of urea groups is 1. The number of fused-ring (bicyclic) bond motifs is 3. The Labute approximate surface area is 211 Å². The van der Waals surface area contributed by atoms with E-state index in [1.807, 2.05) is 37.2 Å². The average Bonchev–Trinajstić information content (AvgIpc) is 3.33. The number of anilines is 2. The van der Waals surface area contributed by atoms with Gasteiger partial charge in [-0.05, 0) is 53.6 Å². The molecule has 0 aliphatic carbocycles. The van der Waals surface area contributed by atoms with E-state index in [4.69, 9.17) is 9.47 Å². The van der Waals surface area contributed by atoms with E-state index in [1.54, 1.807) is 32.4 Å². The number of amides is 2. The molecule has 1 unspecified atom stereocenters. The number of carbonyl (C=O) groups excluding carboxylic acids is 1. The minimum Gasteiger partial charge on any atom is -0.497 e. The molecule has 3 aromatic carbocycles. The number of aromatic nitrogens is 1. The van der Waals surface area contributed by atoms with Gasteiger partial charge in [0.2, 0.25) is 0 Å². The van der Waals surface area contributed by atoms with Crippen LogP contribution in [0.15, 0.2) is 85.1 Å². The molecule has 0 spiro atoms.